The van der Waals surface area contributed by atoms with Gasteiger partial charge in [0.25, 0.3) is 5.91 Å². The van der Waals surface area contributed by atoms with Crippen molar-refractivity contribution in [1.29, 1.82) is 0 Å². The summed E-state index contributed by atoms with van der Waals surface area (Å²) in [4.78, 5) is 28.0. The number of anilines is 2. The summed E-state index contributed by atoms with van der Waals surface area (Å²) in [6.45, 7) is 2.44. The second kappa shape index (κ2) is 12.6. The second-order valence-corrected chi connectivity index (χ2v) is 8.04. The minimum Gasteiger partial charge on any atom is -0.463 e. The minimum atomic E-state index is -0.797. The molecule has 3 rings (SSSR count). The number of carbonyl (C=O) groups is 2. The lowest BCUT2D eigenvalue weighted by atomic mass is 10.1. The van der Waals surface area contributed by atoms with Crippen LogP contribution in [0.3, 0.4) is 0 Å². The maximum Gasteiger partial charge on any atom is 0.261 e. The number of ether oxygens (including phenoxy) is 1. The van der Waals surface area contributed by atoms with Gasteiger partial charge in [0.15, 0.2) is 6.10 Å². The molecule has 0 aliphatic carbocycles. The zero-order valence-electron chi connectivity index (χ0n) is 18.9. The smallest absolute Gasteiger partial charge is 0.261 e. The molecule has 0 radical (unpaired) electrons. The monoisotopic (exact) mass is 479 g/mol. The number of hydrogen-bond donors (Lipinski definition) is 5. The molecule has 0 fully saturated rings. The van der Waals surface area contributed by atoms with Crippen LogP contribution in [0.25, 0.3) is 11.3 Å². The normalized spacial score (nSPS) is 12.3. The van der Waals surface area contributed by atoms with Gasteiger partial charge >= 0.3 is 0 Å². The topological polar surface area (TPSA) is 118 Å². The van der Waals surface area contributed by atoms with Crippen LogP contribution in [0.15, 0.2) is 66.7 Å². The molecule has 1 aromatic heterocycles. The summed E-state index contributed by atoms with van der Waals surface area (Å²) < 4.78 is 5.98. The first-order valence-corrected chi connectivity index (χ1v) is 11.5. The number of pyridine rings is 1. The standard InChI is InChI=1S/C25H29N5O3S/c1-17(24(32)28-13-18-6-5-9-21(12-18)29-16-31)33-25-23(27-14-20(26)15-34)11-10-22(30-25)19-7-3-2-4-8-19/h2-12,16-17,20,27,34H,13-15,26H2,1H3,(H,28,32)(H,29,31)/t17-,20?/m1/s1. The molecule has 2 aromatic carbocycles. The van der Waals surface area contributed by atoms with E-state index in [4.69, 9.17) is 10.5 Å². The van der Waals surface area contributed by atoms with Crippen LogP contribution in [-0.2, 0) is 16.1 Å². The first-order chi connectivity index (χ1) is 16.5. The van der Waals surface area contributed by atoms with Crippen molar-refractivity contribution in [2.75, 3.05) is 22.9 Å². The Bertz CT molecular complexity index is 1100. The van der Waals surface area contributed by atoms with E-state index < -0.39 is 6.10 Å². The Morgan fingerprint density at radius 2 is 1.94 bits per heavy atom. The highest BCUT2D eigenvalue weighted by molar-refractivity contribution is 7.80. The molecule has 34 heavy (non-hydrogen) atoms. The zero-order valence-corrected chi connectivity index (χ0v) is 19.8. The highest BCUT2D eigenvalue weighted by atomic mass is 32.1. The Balaban J connectivity index is 1.72. The average Bonchev–Trinajstić information content (AvgIpc) is 2.87. The Hall–Kier alpha value is -3.56. The summed E-state index contributed by atoms with van der Waals surface area (Å²) in [5, 5.41) is 8.68. The maximum atomic E-state index is 12.7. The number of nitrogens with two attached hydrogens (primary N) is 1. The van der Waals surface area contributed by atoms with Gasteiger partial charge in [-0.2, -0.15) is 12.6 Å². The van der Waals surface area contributed by atoms with Crippen molar-refractivity contribution in [3.05, 3.63) is 72.3 Å². The lowest BCUT2D eigenvalue weighted by Gasteiger charge is -2.19. The number of nitrogens with zero attached hydrogens (tertiary/aromatic N) is 1. The molecule has 2 atom stereocenters. The van der Waals surface area contributed by atoms with Gasteiger partial charge < -0.3 is 26.4 Å². The van der Waals surface area contributed by atoms with E-state index >= 15 is 0 Å². The first-order valence-electron chi connectivity index (χ1n) is 10.9. The average molecular weight is 480 g/mol. The molecular formula is C25H29N5O3S. The Morgan fingerprint density at radius 3 is 2.68 bits per heavy atom. The number of amides is 2. The number of benzene rings is 2. The largest absolute Gasteiger partial charge is 0.463 e. The number of hydrogen-bond acceptors (Lipinski definition) is 7. The van der Waals surface area contributed by atoms with Gasteiger partial charge in [-0.25, -0.2) is 4.98 Å². The second-order valence-electron chi connectivity index (χ2n) is 7.68. The van der Waals surface area contributed by atoms with Gasteiger partial charge in [0.2, 0.25) is 12.3 Å². The maximum absolute atomic E-state index is 12.7. The summed E-state index contributed by atoms with van der Waals surface area (Å²) in [5.74, 6) is 0.549. The molecule has 1 heterocycles. The van der Waals surface area contributed by atoms with Gasteiger partial charge in [0.1, 0.15) is 0 Å². The van der Waals surface area contributed by atoms with E-state index in [1.807, 2.05) is 48.5 Å². The number of aromatic nitrogens is 1. The zero-order chi connectivity index (χ0) is 24.3. The van der Waals surface area contributed by atoms with E-state index in [1.165, 1.54) is 0 Å². The van der Waals surface area contributed by atoms with Crippen LogP contribution in [-0.4, -0.2) is 41.7 Å². The summed E-state index contributed by atoms with van der Waals surface area (Å²) in [6, 6.07) is 20.6. The number of rotatable bonds is 12. The number of carbonyl (C=O) groups excluding carboxylic acids is 2. The van der Waals surface area contributed by atoms with E-state index in [0.717, 1.165) is 16.8 Å². The molecule has 0 aliphatic heterocycles. The van der Waals surface area contributed by atoms with Crippen molar-refractivity contribution in [2.24, 2.45) is 5.73 Å². The van der Waals surface area contributed by atoms with Gasteiger partial charge in [-0.1, -0.05) is 42.5 Å². The lowest BCUT2D eigenvalue weighted by molar-refractivity contribution is -0.127. The van der Waals surface area contributed by atoms with Crippen LogP contribution in [0, 0.1) is 0 Å². The summed E-state index contributed by atoms with van der Waals surface area (Å²) in [6.07, 6.45) is -0.187. The van der Waals surface area contributed by atoms with Crippen molar-refractivity contribution in [3.8, 4) is 17.1 Å². The van der Waals surface area contributed by atoms with Gasteiger partial charge in [0, 0.05) is 36.1 Å². The van der Waals surface area contributed by atoms with Crippen LogP contribution in [0.4, 0.5) is 11.4 Å². The predicted molar refractivity (Wildman–Crippen MR) is 138 cm³/mol. The molecule has 9 heteroatoms. The molecule has 0 bridgehead atoms. The van der Waals surface area contributed by atoms with Crippen molar-refractivity contribution in [3.63, 3.8) is 0 Å². The van der Waals surface area contributed by atoms with Crippen molar-refractivity contribution in [1.82, 2.24) is 10.3 Å². The van der Waals surface area contributed by atoms with Crippen LogP contribution in [0.5, 0.6) is 5.88 Å². The third kappa shape index (κ3) is 7.23. The van der Waals surface area contributed by atoms with E-state index in [1.54, 1.807) is 25.1 Å². The van der Waals surface area contributed by atoms with Crippen molar-refractivity contribution in [2.45, 2.75) is 25.6 Å². The van der Waals surface area contributed by atoms with E-state index in [9.17, 15) is 9.59 Å². The molecule has 1 unspecified atom stereocenters. The molecule has 0 saturated carbocycles. The Kier molecular flexibility index (Phi) is 9.30. The van der Waals surface area contributed by atoms with E-state index in [-0.39, 0.29) is 11.9 Å². The third-order valence-corrected chi connectivity index (χ3v) is 5.47. The minimum absolute atomic E-state index is 0.143. The van der Waals surface area contributed by atoms with E-state index in [2.05, 4.69) is 33.6 Å². The molecule has 0 aliphatic rings. The fraction of sp³-hybridized carbons (Fsp3) is 0.240. The van der Waals surface area contributed by atoms with Crippen LogP contribution >= 0.6 is 12.6 Å². The fourth-order valence-corrected chi connectivity index (χ4v) is 3.26. The molecule has 2 amide bonds. The molecule has 3 aromatic rings. The quantitative estimate of drug-likeness (QED) is 0.201. The van der Waals surface area contributed by atoms with Crippen LogP contribution < -0.4 is 26.4 Å². The Labute approximate surface area is 204 Å². The third-order valence-electron chi connectivity index (χ3n) is 5.00. The van der Waals surface area contributed by atoms with E-state index in [0.29, 0.717) is 42.5 Å². The van der Waals surface area contributed by atoms with Crippen LogP contribution in [0.2, 0.25) is 0 Å². The molecule has 5 N–H and O–H groups in total. The lowest BCUT2D eigenvalue weighted by Crippen LogP contribution is -2.36. The molecule has 0 saturated heterocycles. The van der Waals surface area contributed by atoms with Crippen LogP contribution in [0.1, 0.15) is 12.5 Å². The number of nitrogens with one attached hydrogen (secondary N) is 3. The SMILES string of the molecule is C[C@@H](Oc1nc(-c2ccccc2)ccc1NCC(N)CS)C(=O)NCc1cccc(NC=O)c1. The fourth-order valence-electron chi connectivity index (χ4n) is 3.13. The molecule has 8 nitrogen and oxygen atoms in total. The predicted octanol–water partition coefficient (Wildman–Crippen LogP) is 3.07. The van der Waals surface area contributed by atoms with Gasteiger partial charge in [-0.05, 0) is 36.8 Å². The van der Waals surface area contributed by atoms with Gasteiger partial charge in [-0.3, -0.25) is 9.59 Å². The highest BCUT2D eigenvalue weighted by Gasteiger charge is 2.18. The highest BCUT2D eigenvalue weighted by Crippen LogP contribution is 2.28. The van der Waals surface area contributed by atoms with Crippen molar-refractivity contribution < 1.29 is 14.3 Å². The summed E-state index contributed by atoms with van der Waals surface area (Å²) in [5.41, 5.74) is 9.79. The summed E-state index contributed by atoms with van der Waals surface area (Å²) >= 11 is 4.22. The molecule has 0 spiro atoms. The molecule has 178 valence electrons. The van der Waals surface area contributed by atoms with Gasteiger partial charge in [-0.15, -0.1) is 0 Å². The first kappa shape index (κ1) is 25.1. The van der Waals surface area contributed by atoms with Gasteiger partial charge in [0.05, 0.1) is 11.4 Å². The Morgan fingerprint density at radius 1 is 1.15 bits per heavy atom. The number of thiol groups is 1. The summed E-state index contributed by atoms with van der Waals surface area (Å²) in [7, 11) is 0. The molecular weight excluding hydrogens is 450 g/mol. The van der Waals surface area contributed by atoms with Crippen molar-refractivity contribution >= 4 is 36.3 Å².